The van der Waals surface area contributed by atoms with Crippen LogP contribution in [0.1, 0.15) is 5.56 Å². The van der Waals surface area contributed by atoms with Crippen LogP contribution in [0.15, 0.2) is 54.6 Å². The zero-order valence-electron chi connectivity index (χ0n) is 13.5. The monoisotopic (exact) mass is 344 g/mol. The lowest BCUT2D eigenvalue weighted by molar-refractivity contribution is -0.151. The molecule has 7 heteroatoms. The molecule has 1 atom stereocenters. The minimum Gasteiger partial charge on any atom is -0.395 e. The summed E-state index contributed by atoms with van der Waals surface area (Å²) < 4.78 is 5.32. The molecule has 0 bridgehead atoms. The summed E-state index contributed by atoms with van der Waals surface area (Å²) in [6.45, 7) is -0.261. The number of amides is 2. The molecule has 0 heterocycles. The molecule has 0 aliphatic heterocycles. The second-order valence-corrected chi connectivity index (χ2v) is 5.24. The van der Waals surface area contributed by atoms with Gasteiger partial charge in [-0.05, 0) is 16.7 Å². The summed E-state index contributed by atoms with van der Waals surface area (Å²) in [4.78, 5) is 23.4. The maximum atomic E-state index is 11.8. The van der Waals surface area contributed by atoms with E-state index in [-0.39, 0.29) is 19.8 Å². The maximum Gasteiger partial charge on any atom is 0.282 e. The van der Waals surface area contributed by atoms with Crippen LogP contribution in [-0.4, -0.2) is 41.4 Å². The summed E-state index contributed by atoms with van der Waals surface area (Å²) in [5.74, 6) is -1.71. The third kappa shape index (κ3) is 5.39. The van der Waals surface area contributed by atoms with Crippen LogP contribution in [0.2, 0.25) is 0 Å². The smallest absolute Gasteiger partial charge is 0.282 e. The zero-order valence-corrected chi connectivity index (χ0v) is 13.5. The summed E-state index contributed by atoms with van der Waals surface area (Å²) >= 11 is 0. The number of nitrogens with one attached hydrogen (secondary N) is 2. The van der Waals surface area contributed by atoms with Gasteiger partial charge in [-0.15, -0.1) is 0 Å². The Morgan fingerprint density at radius 3 is 2.20 bits per heavy atom. The van der Waals surface area contributed by atoms with Gasteiger partial charge >= 0.3 is 0 Å². The number of carbonyl (C=O) groups excluding carboxylic acids is 2. The number of aliphatic hydroxyl groups is 1. The summed E-state index contributed by atoms with van der Waals surface area (Å²) in [7, 11) is 0. The number of hydroxylamine groups is 1. The molecule has 0 saturated heterocycles. The van der Waals surface area contributed by atoms with Crippen molar-refractivity contribution in [2.45, 2.75) is 12.7 Å². The van der Waals surface area contributed by atoms with Crippen LogP contribution in [0.25, 0.3) is 11.1 Å². The molecule has 0 aliphatic carbocycles. The Bertz CT molecular complexity index is 688. The number of rotatable bonds is 8. The Morgan fingerprint density at radius 1 is 0.960 bits per heavy atom. The molecule has 0 aliphatic rings. The van der Waals surface area contributed by atoms with E-state index in [1.807, 2.05) is 54.6 Å². The summed E-state index contributed by atoms with van der Waals surface area (Å²) in [6, 6.07) is 17.4. The minimum atomic E-state index is -1.51. The van der Waals surface area contributed by atoms with Crippen molar-refractivity contribution >= 4 is 11.8 Å². The molecular formula is C18H20N2O5. The van der Waals surface area contributed by atoms with Gasteiger partial charge in [-0.3, -0.25) is 14.8 Å². The van der Waals surface area contributed by atoms with Crippen LogP contribution in [0.3, 0.4) is 0 Å². The van der Waals surface area contributed by atoms with E-state index in [1.54, 1.807) is 0 Å². The molecule has 0 saturated carbocycles. The topological polar surface area (TPSA) is 108 Å². The van der Waals surface area contributed by atoms with Crippen LogP contribution in [0.5, 0.6) is 0 Å². The van der Waals surface area contributed by atoms with Crippen molar-refractivity contribution in [3.05, 3.63) is 60.2 Å². The third-order valence-corrected chi connectivity index (χ3v) is 3.48. The third-order valence-electron chi connectivity index (χ3n) is 3.48. The van der Waals surface area contributed by atoms with Gasteiger partial charge in [0.25, 0.3) is 11.8 Å². The Kier molecular flexibility index (Phi) is 7.09. The summed E-state index contributed by atoms with van der Waals surface area (Å²) in [5.41, 5.74) is 4.29. The molecule has 0 radical (unpaired) electrons. The molecule has 2 aromatic rings. The number of hydrogen-bond acceptors (Lipinski definition) is 5. The molecule has 4 N–H and O–H groups in total. The van der Waals surface area contributed by atoms with Crippen LogP contribution in [0, 0.1) is 0 Å². The molecular weight excluding hydrogens is 324 g/mol. The van der Waals surface area contributed by atoms with Crippen LogP contribution in [-0.2, 0) is 20.9 Å². The predicted molar refractivity (Wildman–Crippen MR) is 90.5 cm³/mol. The van der Waals surface area contributed by atoms with Gasteiger partial charge in [0, 0.05) is 6.54 Å². The average molecular weight is 344 g/mol. The molecule has 2 rings (SSSR count). The lowest BCUT2D eigenvalue weighted by Gasteiger charge is -2.15. The Balaban J connectivity index is 2.00. The first kappa shape index (κ1) is 18.6. The predicted octanol–water partition coefficient (Wildman–Crippen LogP) is 0.853. The number of aliphatic hydroxyl groups excluding tert-OH is 1. The van der Waals surface area contributed by atoms with Gasteiger partial charge in [-0.25, -0.2) is 5.48 Å². The van der Waals surface area contributed by atoms with Crippen LogP contribution in [0.4, 0.5) is 0 Å². The Labute approximate surface area is 145 Å². The highest BCUT2D eigenvalue weighted by Gasteiger charge is 2.27. The first-order valence-corrected chi connectivity index (χ1v) is 7.74. The molecule has 0 spiro atoms. The fourth-order valence-electron chi connectivity index (χ4n) is 2.20. The first-order chi connectivity index (χ1) is 12.2. The summed E-state index contributed by atoms with van der Waals surface area (Å²) in [6.07, 6.45) is -1.51. The van der Waals surface area contributed by atoms with Gasteiger partial charge in [0.2, 0.25) is 6.10 Å². The Hall–Kier alpha value is -2.74. The van der Waals surface area contributed by atoms with Gasteiger partial charge in [0.1, 0.15) is 0 Å². The second-order valence-electron chi connectivity index (χ2n) is 5.24. The number of ether oxygens (including phenoxy) is 1. The van der Waals surface area contributed by atoms with E-state index in [2.05, 4.69) is 5.32 Å². The molecule has 7 nitrogen and oxygen atoms in total. The maximum absolute atomic E-state index is 11.8. The SMILES string of the molecule is O=C(NO)C(OCc1ccc(-c2ccccc2)cc1)C(=O)NCCO. The molecule has 0 aromatic heterocycles. The van der Waals surface area contributed by atoms with Crippen molar-refractivity contribution in [1.29, 1.82) is 0 Å². The van der Waals surface area contributed by atoms with Crippen LogP contribution < -0.4 is 10.8 Å². The molecule has 1 unspecified atom stereocenters. The fraction of sp³-hybridized carbons (Fsp3) is 0.222. The number of carbonyl (C=O) groups is 2. The lowest BCUT2D eigenvalue weighted by atomic mass is 10.0. The van der Waals surface area contributed by atoms with Gasteiger partial charge < -0.3 is 15.2 Å². The highest BCUT2D eigenvalue weighted by atomic mass is 16.5. The molecule has 2 aromatic carbocycles. The van der Waals surface area contributed by atoms with Crippen molar-refractivity contribution in [1.82, 2.24) is 10.8 Å². The van der Waals surface area contributed by atoms with E-state index in [9.17, 15) is 9.59 Å². The van der Waals surface area contributed by atoms with Gasteiger partial charge in [0.15, 0.2) is 0 Å². The van der Waals surface area contributed by atoms with Crippen molar-refractivity contribution in [2.24, 2.45) is 0 Å². The van der Waals surface area contributed by atoms with Crippen molar-refractivity contribution in [3.63, 3.8) is 0 Å². The van der Waals surface area contributed by atoms with Gasteiger partial charge in [0.05, 0.1) is 13.2 Å². The summed E-state index contributed by atoms with van der Waals surface area (Å²) in [5, 5.41) is 19.8. The normalized spacial score (nSPS) is 11.6. The van der Waals surface area contributed by atoms with E-state index in [1.165, 1.54) is 5.48 Å². The molecule has 0 fully saturated rings. The van der Waals surface area contributed by atoms with E-state index in [0.29, 0.717) is 0 Å². The van der Waals surface area contributed by atoms with Crippen molar-refractivity contribution in [2.75, 3.05) is 13.2 Å². The van der Waals surface area contributed by atoms with E-state index < -0.39 is 17.9 Å². The standard InChI is InChI=1S/C18H20N2O5/c21-11-10-19-17(22)16(18(23)20-24)25-12-13-6-8-15(9-7-13)14-4-2-1-3-5-14/h1-9,16,21,24H,10-12H2,(H,19,22)(H,20,23). The number of hydrogen-bond donors (Lipinski definition) is 4. The highest BCUT2D eigenvalue weighted by Crippen LogP contribution is 2.19. The van der Waals surface area contributed by atoms with E-state index in [4.69, 9.17) is 15.1 Å². The second kappa shape index (κ2) is 9.53. The van der Waals surface area contributed by atoms with Gasteiger partial charge in [-0.2, -0.15) is 0 Å². The van der Waals surface area contributed by atoms with Crippen molar-refractivity contribution in [3.8, 4) is 11.1 Å². The van der Waals surface area contributed by atoms with Crippen LogP contribution >= 0.6 is 0 Å². The average Bonchev–Trinajstić information content (AvgIpc) is 2.67. The molecule has 132 valence electrons. The minimum absolute atomic E-state index is 0.0107. The lowest BCUT2D eigenvalue weighted by Crippen LogP contribution is -2.46. The van der Waals surface area contributed by atoms with Gasteiger partial charge in [-0.1, -0.05) is 54.6 Å². The van der Waals surface area contributed by atoms with E-state index >= 15 is 0 Å². The Morgan fingerprint density at radius 2 is 1.60 bits per heavy atom. The van der Waals surface area contributed by atoms with Crippen molar-refractivity contribution < 1.29 is 24.6 Å². The zero-order chi connectivity index (χ0) is 18.1. The largest absolute Gasteiger partial charge is 0.395 e. The fourth-order valence-corrected chi connectivity index (χ4v) is 2.20. The highest BCUT2D eigenvalue weighted by molar-refractivity contribution is 6.02. The number of benzene rings is 2. The quantitative estimate of drug-likeness (QED) is 0.323. The molecule has 2 amide bonds. The molecule has 25 heavy (non-hydrogen) atoms. The first-order valence-electron chi connectivity index (χ1n) is 7.74. The van der Waals surface area contributed by atoms with E-state index in [0.717, 1.165) is 16.7 Å².